The number of nitrogens with zero attached hydrogens (tertiary/aromatic N) is 1. The van der Waals surface area contributed by atoms with Gasteiger partial charge in [0.05, 0.1) is 12.4 Å². The number of rotatable bonds is 6. The first-order valence-electron chi connectivity index (χ1n) is 10.3. The number of amides is 2. The summed E-state index contributed by atoms with van der Waals surface area (Å²) >= 11 is 1.25. The number of hydrogen-bond acceptors (Lipinski definition) is 8. The highest BCUT2D eigenvalue weighted by Crippen LogP contribution is 2.23. The molecule has 1 fully saturated rings. The zero-order valence-corrected chi connectivity index (χ0v) is 20.3. The Hall–Kier alpha value is -2.27. The van der Waals surface area contributed by atoms with Crippen molar-refractivity contribution >= 4 is 39.8 Å². The minimum atomic E-state index is -4.11. The quantitative estimate of drug-likeness (QED) is 0.606. The fourth-order valence-electron chi connectivity index (χ4n) is 3.07. The summed E-state index contributed by atoms with van der Waals surface area (Å²) in [6.07, 6.45) is -0.839. The molecule has 1 aliphatic rings. The van der Waals surface area contributed by atoms with Crippen molar-refractivity contribution in [2.75, 3.05) is 23.9 Å². The van der Waals surface area contributed by atoms with Gasteiger partial charge in [0.1, 0.15) is 11.6 Å². The lowest BCUT2D eigenvalue weighted by atomic mass is 10.0. The monoisotopic (exact) mass is 486 g/mol. The molecular weight excluding hydrogens is 456 g/mol. The highest BCUT2D eigenvalue weighted by Gasteiger charge is 2.44. The molecule has 178 valence electrons. The number of esters is 1. The molecule has 1 aromatic carbocycles. The fraction of sp³-hybridized carbons (Fsp3) is 0.571. The number of sulfonamides is 1. The van der Waals surface area contributed by atoms with E-state index in [-0.39, 0.29) is 30.3 Å². The second kappa shape index (κ2) is 11.0. The van der Waals surface area contributed by atoms with E-state index in [2.05, 4.69) is 5.32 Å². The molecule has 0 aliphatic carbocycles. The molecule has 1 aliphatic heterocycles. The van der Waals surface area contributed by atoms with Crippen LogP contribution in [0.3, 0.4) is 0 Å². The summed E-state index contributed by atoms with van der Waals surface area (Å²) in [5.74, 6) is -1.68. The van der Waals surface area contributed by atoms with Crippen LogP contribution in [0.2, 0.25) is 0 Å². The van der Waals surface area contributed by atoms with Gasteiger partial charge in [-0.3, -0.25) is 4.79 Å². The minimum Gasteiger partial charge on any atom is -0.464 e. The number of benzene rings is 1. The Morgan fingerprint density at radius 3 is 2.47 bits per heavy atom. The van der Waals surface area contributed by atoms with Crippen LogP contribution in [-0.2, 0) is 35.5 Å². The van der Waals surface area contributed by atoms with Crippen LogP contribution in [0.15, 0.2) is 30.3 Å². The lowest BCUT2D eigenvalue weighted by molar-refractivity contribution is -0.150. The van der Waals surface area contributed by atoms with E-state index in [0.717, 1.165) is 0 Å². The summed E-state index contributed by atoms with van der Waals surface area (Å²) < 4.78 is 36.8. The van der Waals surface area contributed by atoms with Crippen molar-refractivity contribution in [2.45, 2.75) is 51.8 Å². The Kier molecular flexibility index (Phi) is 8.97. The van der Waals surface area contributed by atoms with Crippen molar-refractivity contribution in [3.8, 4) is 0 Å². The largest absolute Gasteiger partial charge is 0.464 e. The van der Waals surface area contributed by atoms with Crippen LogP contribution >= 0.6 is 11.8 Å². The van der Waals surface area contributed by atoms with E-state index in [9.17, 15) is 22.8 Å². The molecule has 9 nitrogen and oxygen atoms in total. The third-order valence-electron chi connectivity index (χ3n) is 4.39. The van der Waals surface area contributed by atoms with E-state index in [1.54, 1.807) is 58.0 Å². The highest BCUT2D eigenvalue weighted by molar-refractivity contribution is 8.01. The smallest absolute Gasteiger partial charge is 0.408 e. The molecule has 2 amide bonds. The van der Waals surface area contributed by atoms with Crippen molar-refractivity contribution in [3.63, 3.8) is 0 Å². The third-order valence-corrected chi connectivity index (χ3v) is 7.45. The maximum atomic E-state index is 13.6. The summed E-state index contributed by atoms with van der Waals surface area (Å²) in [4.78, 5) is 38.5. The van der Waals surface area contributed by atoms with Crippen LogP contribution in [0.5, 0.6) is 0 Å². The molecule has 0 saturated carbocycles. The maximum Gasteiger partial charge on any atom is 0.408 e. The molecule has 1 aromatic rings. The topological polar surface area (TPSA) is 119 Å². The van der Waals surface area contributed by atoms with E-state index in [1.807, 2.05) is 0 Å². The van der Waals surface area contributed by atoms with Gasteiger partial charge in [0.15, 0.2) is 6.04 Å². The second-order valence-electron chi connectivity index (χ2n) is 8.18. The molecule has 1 N–H and O–H groups in total. The van der Waals surface area contributed by atoms with Gasteiger partial charge in [-0.25, -0.2) is 22.3 Å². The van der Waals surface area contributed by atoms with Gasteiger partial charge in [-0.1, -0.05) is 30.3 Å². The van der Waals surface area contributed by atoms with Crippen molar-refractivity contribution in [2.24, 2.45) is 0 Å². The Balaban J connectivity index is 2.42. The Labute approximate surface area is 193 Å². The van der Waals surface area contributed by atoms with Crippen LogP contribution in [0.25, 0.3) is 0 Å². The zero-order chi connectivity index (χ0) is 23.9. The van der Waals surface area contributed by atoms with Crippen LogP contribution in [-0.4, -0.2) is 72.2 Å². The lowest BCUT2D eigenvalue weighted by Gasteiger charge is -2.31. The van der Waals surface area contributed by atoms with Gasteiger partial charge in [0, 0.05) is 17.9 Å². The normalized spacial score (nSPS) is 19.4. The van der Waals surface area contributed by atoms with E-state index in [0.29, 0.717) is 9.87 Å². The van der Waals surface area contributed by atoms with Crippen LogP contribution in [0.4, 0.5) is 4.79 Å². The van der Waals surface area contributed by atoms with Gasteiger partial charge >= 0.3 is 12.1 Å². The molecular formula is C21H30N2O7S2. The van der Waals surface area contributed by atoms with Crippen molar-refractivity contribution in [1.29, 1.82) is 0 Å². The predicted molar refractivity (Wildman–Crippen MR) is 122 cm³/mol. The number of thioether (sulfide) groups is 1. The Morgan fingerprint density at radius 1 is 1.22 bits per heavy atom. The molecule has 0 aromatic heterocycles. The first kappa shape index (κ1) is 26.0. The average Bonchev–Trinajstić information content (AvgIpc) is 2.84. The van der Waals surface area contributed by atoms with Crippen LogP contribution < -0.4 is 5.32 Å². The number of carbonyl (C=O) groups is 3. The standard InChI is InChI=1S/C21H30N2O7S2/c1-5-29-19(25)17-14-31-11-12-32(27,28)23(17)18(24)16(13-15-9-7-6-8-10-15)22-20(26)30-21(2,3)4/h6-10,16-17H,5,11-14H2,1-4H3,(H,22,26)/t16-,17-/m0/s1. The van der Waals surface area contributed by atoms with E-state index in [4.69, 9.17) is 9.47 Å². The first-order valence-corrected chi connectivity index (χ1v) is 13.0. The van der Waals surface area contributed by atoms with Crippen molar-refractivity contribution in [3.05, 3.63) is 35.9 Å². The SMILES string of the molecule is CCOC(=O)[C@@H]1CSCCS(=O)(=O)N1C(=O)[C@H](Cc1ccccc1)NC(=O)OC(C)(C)C. The number of nitrogens with one attached hydrogen (secondary N) is 1. The average molecular weight is 487 g/mol. The van der Waals surface area contributed by atoms with Gasteiger partial charge in [-0.15, -0.1) is 0 Å². The Bertz CT molecular complexity index is 914. The van der Waals surface area contributed by atoms with E-state index >= 15 is 0 Å². The molecule has 0 radical (unpaired) electrons. The molecule has 2 atom stereocenters. The number of alkyl carbamates (subject to hydrolysis) is 1. The molecule has 11 heteroatoms. The Morgan fingerprint density at radius 2 is 1.88 bits per heavy atom. The van der Waals surface area contributed by atoms with Crippen molar-refractivity contribution in [1.82, 2.24) is 9.62 Å². The third kappa shape index (κ3) is 7.40. The molecule has 0 unspecified atom stereocenters. The first-order chi connectivity index (χ1) is 14.9. The van der Waals surface area contributed by atoms with Gasteiger partial charge in [-0.05, 0) is 33.3 Å². The van der Waals surface area contributed by atoms with Crippen LogP contribution in [0, 0.1) is 0 Å². The zero-order valence-electron chi connectivity index (χ0n) is 18.7. The van der Waals surface area contributed by atoms with Gasteiger partial charge in [-0.2, -0.15) is 11.8 Å². The minimum absolute atomic E-state index is 0.0215. The lowest BCUT2D eigenvalue weighted by Crippen LogP contribution is -2.57. The van der Waals surface area contributed by atoms with Gasteiger partial charge < -0.3 is 14.8 Å². The van der Waals surface area contributed by atoms with Crippen molar-refractivity contribution < 1.29 is 32.3 Å². The predicted octanol–water partition coefficient (Wildman–Crippen LogP) is 1.96. The molecule has 32 heavy (non-hydrogen) atoms. The molecule has 0 bridgehead atoms. The number of carbonyl (C=O) groups excluding carboxylic acids is 3. The highest BCUT2D eigenvalue weighted by atomic mass is 32.2. The van der Waals surface area contributed by atoms with E-state index < -0.39 is 45.7 Å². The fourth-order valence-corrected chi connectivity index (χ4v) is 6.30. The maximum absolute atomic E-state index is 13.6. The van der Waals surface area contributed by atoms with Gasteiger partial charge in [0.25, 0.3) is 5.91 Å². The summed E-state index contributed by atoms with van der Waals surface area (Å²) in [6, 6.07) is 6.28. The second-order valence-corrected chi connectivity index (χ2v) is 11.3. The molecule has 1 heterocycles. The number of ether oxygens (including phenoxy) is 2. The summed E-state index contributed by atoms with van der Waals surface area (Å²) in [7, 11) is -4.11. The molecule has 2 rings (SSSR count). The molecule has 0 spiro atoms. The summed E-state index contributed by atoms with van der Waals surface area (Å²) in [5.41, 5.74) is -0.111. The number of hydrogen-bond donors (Lipinski definition) is 1. The van der Waals surface area contributed by atoms with Crippen LogP contribution in [0.1, 0.15) is 33.3 Å². The summed E-state index contributed by atoms with van der Waals surface area (Å²) in [5, 5.41) is 2.49. The van der Waals surface area contributed by atoms with E-state index in [1.165, 1.54) is 11.8 Å². The summed E-state index contributed by atoms with van der Waals surface area (Å²) in [6.45, 7) is 6.67. The van der Waals surface area contributed by atoms with Gasteiger partial charge in [0.2, 0.25) is 10.0 Å². The molecule has 1 saturated heterocycles.